The first-order valence-corrected chi connectivity index (χ1v) is 10.5. The molecule has 0 fully saturated rings. The Labute approximate surface area is 192 Å². The van der Waals surface area contributed by atoms with Gasteiger partial charge in [-0.05, 0) is 42.7 Å². The number of aryl methyl sites for hydroxylation is 1. The van der Waals surface area contributed by atoms with E-state index < -0.39 is 29.6 Å². The summed E-state index contributed by atoms with van der Waals surface area (Å²) in [6.07, 6.45) is 0. The Morgan fingerprint density at radius 2 is 2.00 bits per heavy atom. The number of para-hydroxylation sites is 1. The summed E-state index contributed by atoms with van der Waals surface area (Å²) in [5, 5.41) is 2.65. The molecule has 33 heavy (non-hydrogen) atoms. The predicted octanol–water partition coefficient (Wildman–Crippen LogP) is 2.02. The molecule has 10 nitrogen and oxygen atoms in total. The molecule has 1 aromatic carbocycles. The van der Waals surface area contributed by atoms with Crippen LogP contribution in [0.2, 0.25) is 0 Å². The Hall–Kier alpha value is -3.77. The van der Waals surface area contributed by atoms with Crippen LogP contribution >= 0.6 is 11.5 Å². The molecule has 0 aliphatic rings. The second-order valence-electron chi connectivity index (χ2n) is 6.90. The van der Waals surface area contributed by atoms with Crippen molar-refractivity contribution in [2.24, 2.45) is 5.73 Å². The van der Waals surface area contributed by atoms with E-state index in [0.717, 1.165) is 11.0 Å². The average molecular weight is 476 g/mol. The fourth-order valence-electron chi connectivity index (χ4n) is 3.10. The largest absolute Gasteiger partial charge is 0.464 e. The highest BCUT2D eigenvalue weighted by atomic mass is 32.1. The Bertz CT molecular complexity index is 1180. The molecular formula is C21H22FN5O5S. The molecule has 2 aromatic heterocycles. The molecule has 3 aromatic rings. The van der Waals surface area contributed by atoms with Crippen LogP contribution in [0, 0.1) is 12.7 Å². The minimum Gasteiger partial charge on any atom is -0.464 e. The van der Waals surface area contributed by atoms with Crippen LogP contribution in [0.5, 0.6) is 0 Å². The molecule has 2 heterocycles. The van der Waals surface area contributed by atoms with E-state index in [1.165, 1.54) is 31.4 Å². The van der Waals surface area contributed by atoms with Gasteiger partial charge in [-0.2, -0.15) is 4.37 Å². The number of furan rings is 1. The minimum absolute atomic E-state index is 0.0947. The Balaban J connectivity index is 2.17. The molecule has 0 unspecified atom stereocenters. The maximum Gasteiger partial charge on any atom is 0.273 e. The second-order valence-corrected chi connectivity index (χ2v) is 7.67. The molecule has 0 spiro atoms. The molecule has 12 heteroatoms. The summed E-state index contributed by atoms with van der Waals surface area (Å²) in [4.78, 5) is 39.2. The van der Waals surface area contributed by atoms with Gasteiger partial charge < -0.3 is 25.9 Å². The number of methoxy groups -OCH3 is 1. The molecule has 0 bridgehead atoms. The molecule has 0 radical (unpaired) electrons. The number of halogens is 1. The maximum atomic E-state index is 14.9. The lowest BCUT2D eigenvalue weighted by Gasteiger charge is -2.29. The fraction of sp³-hybridized carbons (Fsp3) is 0.238. The molecular weight excluding hydrogens is 453 g/mol. The summed E-state index contributed by atoms with van der Waals surface area (Å²) < 4.78 is 29.4. The van der Waals surface area contributed by atoms with E-state index in [-0.39, 0.29) is 40.9 Å². The SMILES string of the molecule is COCCNC(=O)[C@H](c1ccc(C)o1)N(C(=O)c1snc(C(N)=O)c1N)c1ccccc1F. The Morgan fingerprint density at radius 3 is 2.58 bits per heavy atom. The zero-order chi connectivity index (χ0) is 24.1. The van der Waals surface area contributed by atoms with Gasteiger partial charge >= 0.3 is 0 Å². The van der Waals surface area contributed by atoms with E-state index in [4.69, 9.17) is 20.6 Å². The number of nitrogens with zero attached hydrogens (tertiary/aromatic N) is 2. The van der Waals surface area contributed by atoms with Crippen LogP contribution in [0.15, 0.2) is 40.8 Å². The average Bonchev–Trinajstić information content (AvgIpc) is 3.37. The monoisotopic (exact) mass is 475 g/mol. The number of nitrogens with two attached hydrogens (primary N) is 2. The second kappa shape index (κ2) is 10.2. The van der Waals surface area contributed by atoms with Crippen LogP contribution in [-0.4, -0.2) is 42.4 Å². The van der Waals surface area contributed by atoms with Gasteiger partial charge in [-0.25, -0.2) is 4.39 Å². The van der Waals surface area contributed by atoms with Gasteiger partial charge in [0, 0.05) is 13.7 Å². The van der Waals surface area contributed by atoms with Crippen molar-refractivity contribution in [3.63, 3.8) is 0 Å². The first-order valence-electron chi connectivity index (χ1n) is 9.72. The lowest BCUT2D eigenvalue weighted by molar-refractivity contribution is -0.123. The smallest absolute Gasteiger partial charge is 0.273 e. The number of carbonyl (C=O) groups excluding carboxylic acids is 3. The number of amides is 3. The van der Waals surface area contributed by atoms with Gasteiger partial charge in [-0.1, -0.05) is 12.1 Å². The number of nitrogen functional groups attached to an aromatic ring is 1. The molecule has 0 saturated carbocycles. The highest BCUT2D eigenvalue weighted by molar-refractivity contribution is 7.09. The van der Waals surface area contributed by atoms with E-state index >= 15 is 0 Å². The standard InChI is InChI=1S/C21H22FN5O5S/c1-11-7-8-14(32-11)17(20(29)25-9-10-31-2)27(13-6-4-3-5-12(13)22)21(30)18-15(23)16(19(24)28)26-33-18/h3-8,17H,9-10,23H2,1-2H3,(H2,24,28)(H,25,29)/t17-/m0/s1. The first-order chi connectivity index (χ1) is 15.8. The summed E-state index contributed by atoms with van der Waals surface area (Å²) in [7, 11) is 1.47. The number of primary amides is 1. The number of anilines is 2. The number of nitrogens with one attached hydrogen (secondary N) is 1. The van der Waals surface area contributed by atoms with Gasteiger partial charge in [-0.3, -0.25) is 19.3 Å². The van der Waals surface area contributed by atoms with Crippen molar-refractivity contribution in [2.45, 2.75) is 13.0 Å². The number of ether oxygens (including phenoxy) is 1. The van der Waals surface area contributed by atoms with E-state index in [1.54, 1.807) is 13.0 Å². The fourth-order valence-corrected chi connectivity index (χ4v) is 3.84. The van der Waals surface area contributed by atoms with E-state index in [0.29, 0.717) is 17.3 Å². The van der Waals surface area contributed by atoms with E-state index in [1.807, 2.05) is 0 Å². The molecule has 3 rings (SSSR count). The summed E-state index contributed by atoms with van der Waals surface area (Å²) in [5.74, 6) is -2.61. The molecule has 3 amide bonds. The number of carbonyl (C=O) groups is 3. The summed E-state index contributed by atoms with van der Waals surface area (Å²) in [6, 6.07) is 7.16. The topological polar surface area (TPSA) is 154 Å². The molecule has 0 saturated heterocycles. The first kappa shape index (κ1) is 23.9. The third-order valence-corrected chi connectivity index (χ3v) is 5.48. The Morgan fingerprint density at radius 1 is 1.27 bits per heavy atom. The molecule has 0 aliphatic heterocycles. The number of rotatable bonds is 9. The van der Waals surface area contributed by atoms with Crippen molar-refractivity contribution in [3.8, 4) is 0 Å². The highest BCUT2D eigenvalue weighted by Gasteiger charge is 2.38. The van der Waals surface area contributed by atoms with Crippen molar-refractivity contribution < 1.29 is 27.9 Å². The van der Waals surface area contributed by atoms with Crippen molar-refractivity contribution >= 4 is 40.6 Å². The summed E-state index contributed by atoms with van der Waals surface area (Å²) >= 11 is 0.621. The van der Waals surface area contributed by atoms with Crippen LogP contribution in [0.25, 0.3) is 0 Å². The normalized spacial score (nSPS) is 11.7. The van der Waals surface area contributed by atoms with Gasteiger partial charge in [-0.15, -0.1) is 0 Å². The quantitative estimate of drug-likeness (QED) is 0.400. The zero-order valence-electron chi connectivity index (χ0n) is 17.8. The lowest BCUT2D eigenvalue weighted by atomic mass is 10.1. The molecule has 174 valence electrons. The van der Waals surface area contributed by atoms with Gasteiger partial charge in [0.25, 0.3) is 17.7 Å². The predicted molar refractivity (Wildman–Crippen MR) is 119 cm³/mol. The van der Waals surface area contributed by atoms with Crippen molar-refractivity contribution in [3.05, 3.63) is 64.3 Å². The van der Waals surface area contributed by atoms with E-state index in [2.05, 4.69) is 9.69 Å². The van der Waals surface area contributed by atoms with Crippen molar-refractivity contribution in [2.75, 3.05) is 30.9 Å². The van der Waals surface area contributed by atoms with Gasteiger partial charge in [0.15, 0.2) is 11.7 Å². The number of hydrogen-bond donors (Lipinski definition) is 3. The Kier molecular flexibility index (Phi) is 7.41. The summed E-state index contributed by atoms with van der Waals surface area (Å²) in [5.41, 5.74) is 10.5. The lowest BCUT2D eigenvalue weighted by Crippen LogP contribution is -2.45. The number of hydrogen-bond acceptors (Lipinski definition) is 8. The van der Waals surface area contributed by atoms with Crippen LogP contribution in [0.3, 0.4) is 0 Å². The van der Waals surface area contributed by atoms with Crippen LogP contribution in [0.1, 0.15) is 37.7 Å². The van der Waals surface area contributed by atoms with E-state index in [9.17, 15) is 18.8 Å². The van der Waals surface area contributed by atoms with Gasteiger partial charge in [0.05, 0.1) is 18.0 Å². The zero-order valence-corrected chi connectivity index (χ0v) is 18.6. The van der Waals surface area contributed by atoms with Crippen molar-refractivity contribution in [1.82, 2.24) is 9.69 Å². The van der Waals surface area contributed by atoms with Crippen LogP contribution in [0.4, 0.5) is 15.8 Å². The number of aromatic nitrogens is 1. The number of benzene rings is 1. The molecule has 5 N–H and O–H groups in total. The third-order valence-electron chi connectivity index (χ3n) is 4.63. The summed E-state index contributed by atoms with van der Waals surface area (Å²) in [6.45, 7) is 2.02. The highest BCUT2D eigenvalue weighted by Crippen LogP contribution is 2.34. The third kappa shape index (κ3) is 5.02. The van der Waals surface area contributed by atoms with Crippen molar-refractivity contribution in [1.29, 1.82) is 0 Å². The molecule has 1 atom stereocenters. The maximum absolute atomic E-state index is 14.9. The van der Waals surface area contributed by atoms with Crippen LogP contribution < -0.4 is 21.7 Å². The van der Waals surface area contributed by atoms with Gasteiger partial charge in [0.1, 0.15) is 22.2 Å². The minimum atomic E-state index is -1.40. The van der Waals surface area contributed by atoms with Gasteiger partial charge in [0.2, 0.25) is 0 Å². The molecule has 0 aliphatic carbocycles. The van der Waals surface area contributed by atoms with Crippen LogP contribution in [-0.2, 0) is 9.53 Å².